The Bertz CT molecular complexity index is 402. The Labute approximate surface area is 72.5 Å². The van der Waals surface area contributed by atoms with Crippen molar-refractivity contribution in [1.82, 2.24) is 0 Å². The third-order valence-electron chi connectivity index (χ3n) is 1.48. The van der Waals surface area contributed by atoms with Gasteiger partial charge in [-0.1, -0.05) is 12.2 Å². The molecule has 1 aliphatic carbocycles. The van der Waals surface area contributed by atoms with Crippen LogP contribution in [0.4, 0.5) is 0 Å². The lowest BCUT2D eigenvalue weighted by molar-refractivity contribution is 0.608. The lowest BCUT2D eigenvalue weighted by Gasteiger charge is -1.92. The molecule has 0 aliphatic heterocycles. The summed E-state index contributed by atoms with van der Waals surface area (Å²) in [6.07, 6.45) is 7.77. The van der Waals surface area contributed by atoms with Crippen LogP contribution >= 0.6 is 0 Å². The molecule has 0 fully saturated rings. The number of sulfone groups is 1. The first-order valence-corrected chi connectivity index (χ1v) is 5.41. The van der Waals surface area contributed by atoms with Crippen molar-refractivity contribution in [3.8, 4) is 0 Å². The van der Waals surface area contributed by atoms with Crippen molar-refractivity contribution in [2.24, 2.45) is 0 Å². The average molecular weight is 182 g/mol. The summed E-state index contributed by atoms with van der Waals surface area (Å²) in [7, 11) is -3.09. The van der Waals surface area contributed by atoms with Crippen molar-refractivity contribution in [2.75, 3.05) is 6.26 Å². The molecule has 0 aromatic carbocycles. The molecule has 1 rings (SSSR count). The highest BCUT2D eigenvalue weighted by Crippen LogP contribution is 2.09. The lowest BCUT2D eigenvalue weighted by Crippen LogP contribution is -1.97. The molecule has 2 nitrogen and oxygen atoms in total. The van der Waals surface area contributed by atoms with Crippen LogP contribution in [0.3, 0.4) is 0 Å². The van der Waals surface area contributed by atoms with Gasteiger partial charge in [0.1, 0.15) is 0 Å². The molecule has 0 bridgehead atoms. The van der Waals surface area contributed by atoms with Crippen LogP contribution in [0.25, 0.3) is 0 Å². The van der Waals surface area contributed by atoms with E-state index in [1.165, 1.54) is 12.3 Å². The topological polar surface area (TPSA) is 34.1 Å². The smallest absolute Gasteiger partial charge is 0.176 e. The van der Waals surface area contributed by atoms with E-state index in [-0.39, 0.29) is 0 Å². The van der Waals surface area contributed by atoms with E-state index in [9.17, 15) is 8.42 Å². The van der Waals surface area contributed by atoms with E-state index in [1.54, 1.807) is 12.2 Å². The number of hydrogen-bond acceptors (Lipinski definition) is 2. The van der Waals surface area contributed by atoms with Crippen LogP contribution < -0.4 is 0 Å². The second-order valence-corrected chi connectivity index (χ2v) is 4.69. The fourth-order valence-electron chi connectivity index (χ4n) is 0.799. The zero-order valence-corrected chi connectivity index (χ0v) is 7.85. The predicted octanol–water partition coefficient (Wildman–Crippen LogP) is 1.59. The highest BCUT2D eigenvalue weighted by atomic mass is 32.2. The summed E-state index contributed by atoms with van der Waals surface area (Å²) in [6.45, 7) is 1.87. The Balaban J connectivity index is 3.22. The number of hydrogen-bond donors (Lipinski definition) is 0. The van der Waals surface area contributed by atoms with Crippen molar-refractivity contribution in [3.05, 3.63) is 40.5 Å². The quantitative estimate of drug-likeness (QED) is 0.577. The van der Waals surface area contributed by atoms with Crippen LogP contribution in [-0.4, -0.2) is 14.7 Å². The molecule has 0 heterocycles. The van der Waals surface area contributed by atoms with Crippen LogP contribution in [0.15, 0.2) is 40.5 Å². The lowest BCUT2D eigenvalue weighted by atomic mass is 10.3. The van der Waals surface area contributed by atoms with Gasteiger partial charge in [0, 0.05) is 6.26 Å². The molecule has 0 saturated heterocycles. The van der Waals surface area contributed by atoms with E-state index in [0.29, 0.717) is 4.91 Å². The first-order chi connectivity index (χ1) is 5.50. The summed E-state index contributed by atoms with van der Waals surface area (Å²) in [5.74, 6) is 0. The molecule has 0 unspecified atom stereocenters. The van der Waals surface area contributed by atoms with E-state index < -0.39 is 9.84 Å². The second-order valence-electron chi connectivity index (χ2n) is 2.67. The maximum Gasteiger partial charge on any atom is 0.176 e. The number of rotatable bonds is 1. The minimum atomic E-state index is -3.09. The first kappa shape index (κ1) is 9.04. The van der Waals surface area contributed by atoms with Crippen LogP contribution in [0.5, 0.6) is 0 Å². The fourth-order valence-corrected chi connectivity index (χ4v) is 1.40. The van der Waals surface area contributed by atoms with E-state index in [2.05, 4.69) is 5.73 Å². The molecule has 1 aliphatic rings. The molecule has 0 aromatic heterocycles. The summed E-state index contributed by atoms with van der Waals surface area (Å²) in [5.41, 5.74) is 3.78. The summed E-state index contributed by atoms with van der Waals surface area (Å²) >= 11 is 0. The molecule has 0 spiro atoms. The first-order valence-electron chi connectivity index (χ1n) is 3.52. The van der Waals surface area contributed by atoms with Gasteiger partial charge in [0.25, 0.3) is 0 Å². The second kappa shape index (κ2) is 3.13. The van der Waals surface area contributed by atoms with Gasteiger partial charge in [-0.3, -0.25) is 0 Å². The van der Waals surface area contributed by atoms with E-state index in [1.807, 2.05) is 13.0 Å². The Hall–Kier alpha value is -1.05. The summed E-state index contributed by atoms with van der Waals surface area (Å²) in [6, 6.07) is 0. The monoisotopic (exact) mass is 182 g/mol. The predicted molar refractivity (Wildman–Crippen MR) is 49.3 cm³/mol. The maximum absolute atomic E-state index is 11.1. The molecule has 3 heteroatoms. The average Bonchev–Trinajstić information content (AvgIpc) is 2.11. The molecule has 0 amide bonds. The molecular weight excluding hydrogens is 172 g/mol. The van der Waals surface area contributed by atoms with Crippen molar-refractivity contribution >= 4 is 9.84 Å². The molecule has 12 heavy (non-hydrogen) atoms. The zero-order valence-electron chi connectivity index (χ0n) is 7.03. The van der Waals surface area contributed by atoms with Crippen molar-refractivity contribution in [3.63, 3.8) is 0 Å². The summed E-state index contributed by atoms with van der Waals surface area (Å²) < 4.78 is 22.1. The van der Waals surface area contributed by atoms with Crippen molar-refractivity contribution in [2.45, 2.75) is 6.92 Å². The van der Waals surface area contributed by atoms with Gasteiger partial charge in [0.05, 0.1) is 4.91 Å². The van der Waals surface area contributed by atoms with Gasteiger partial charge >= 0.3 is 0 Å². The molecule has 64 valence electrons. The molecule has 0 radical (unpaired) electrons. The summed E-state index contributed by atoms with van der Waals surface area (Å²) in [5, 5.41) is 0. The minimum Gasteiger partial charge on any atom is -0.224 e. The van der Waals surface area contributed by atoms with E-state index in [4.69, 9.17) is 0 Å². The Kier molecular flexibility index (Phi) is 2.36. The third kappa shape index (κ3) is 2.22. The van der Waals surface area contributed by atoms with Gasteiger partial charge < -0.3 is 0 Å². The molecular formula is C9H10O2S. The zero-order chi connectivity index (χ0) is 9.19. The van der Waals surface area contributed by atoms with Gasteiger partial charge in [-0.15, -0.1) is 5.73 Å². The van der Waals surface area contributed by atoms with Crippen molar-refractivity contribution < 1.29 is 8.42 Å². The van der Waals surface area contributed by atoms with Crippen LogP contribution in [0.1, 0.15) is 6.92 Å². The van der Waals surface area contributed by atoms with Crippen molar-refractivity contribution in [1.29, 1.82) is 0 Å². The van der Waals surface area contributed by atoms with E-state index in [0.717, 1.165) is 5.57 Å². The van der Waals surface area contributed by atoms with Crippen LogP contribution in [-0.2, 0) is 9.84 Å². The van der Waals surface area contributed by atoms with E-state index >= 15 is 0 Å². The standard InChI is InChI=1S/C9H10O2S/c1-8-4-3-5-9(7-6-8)12(2,10)11/h3-5,7H,1-2H3. The fraction of sp³-hybridized carbons (Fsp3) is 0.222. The SMILES string of the molecule is CC1=C=CC(S(C)(=O)=O)=CC=C1. The normalized spacial score (nSPS) is 16.8. The Morgan fingerprint density at radius 1 is 1.42 bits per heavy atom. The van der Waals surface area contributed by atoms with Gasteiger partial charge in [-0.2, -0.15) is 0 Å². The largest absolute Gasteiger partial charge is 0.224 e. The highest BCUT2D eigenvalue weighted by molar-refractivity contribution is 7.94. The minimum absolute atomic E-state index is 0.301. The highest BCUT2D eigenvalue weighted by Gasteiger charge is 2.06. The molecule has 0 N–H and O–H groups in total. The maximum atomic E-state index is 11.1. The van der Waals surface area contributed by atoms with Gasteiger partial charge in [0.2, 0.25) is 0 Å². The summed E-state index contributed by atoms with van der Waals surface area (Å²) in [4.78, 5) is 0.301. The Morgan fingerprint density at radius 2 is 2.08 bits per heavy atom. The third-order valence-corrected chi connectivity index (χ3v) is 2.59. The van der Waals surface area contributed by atoms with Gasteiger partial charge in [0.15, 0.2) is 9.84 Å². The van der Waals surface area contributed by atoms with Gasteiger partial charge in [-0.25, -0.2) is 8.42 Å². The van der Waals surface area contributed by atoms with Crippen LogP contribution in [0.2, 0.25) is 0 Å². The Morgan fingerprint density at radius 3 is 2.67 bits per heavy atom. The molecule has 0 saturated carbocycles. The van der Waals surface area contributed by atoms with Crippen LogP contribution in [0, 0.1) is 0 Å². The number of allylic oxidation sites excluding steroid dienone is 4. The molecule has 0 atom stereocenters. The molecule has 0 aromatic rings. The van der Waals surface area contributed by atoms with Gasteiger partial charge in [-0.05, 0) is 24.6 Å².